The molecule has 0 aromatic heterocycles. The molecular weight excluding hydrogens is 239 g/mol. The van der Waals surface area contributed by atoms with Gasteiger partial charge in [-0.05, 0) is 24.6 Å². The number of aromatic carboxylic acids is 1. The van der Waals surface area contributed by atoms with Gasteiger partial charge in [-0.3, -0.25) is 4.79 Å². The minimum Gasteiger partial charge on any atom is -0.478 e. The molecule has 0 amide bonds. The van der Waals surface area contributed by atoms with Crippen molar-refractivity contribution in [2.75, 3.05) is 0 Å². The summed E-state index contributed by atoms with van der Waals surface area (Å²) in [5.74, 6) is -1.26. The number of ketones is 1. The Morgan fingerprint density at radius 2 is 1.93 bits per heavy atom. The number of halogens is 2. The van der Waals surface area contributed by atoms with Gasteiger partial charge in [0, 0.05) is 11.4 Å². The molecule has 0 fully saturated rings. The Labute approximate surface area is 96.6 Å². The minimum absolute atomic E-state index is 0.0326. The van der Waals surface area contributed by atoms with E-state index in [0.717, 1.165) is 0 Å². The van der Waals surface area contributed by atoms with Gasteiger partial charge < -0.3 is 5.11 Å². The fourth-order valence-corrected chi connectivity index (χ4v) is 1.76. The lowest BCUT2D eigenvalue weighted by molar-refractivity contribution is -0.116. The van der Waals surface area contributed by atoms with Gasteiger partial charge >= 0.3 is 5.97 Å². The molecule has 1 rings (SSSR count). The van der Waals surface area contributed by atoms with Gasteiger partial charge in [0.2, 0.25) is 0 Å². The van der Waals surface area contributed by atoms with E-state index in [1.807, 2.05) is 0 Å². The SMILES string of the molecule is CC(=O)Cc1c(Cl)ccc(C(=O)O)c1Cl. The fourth-order valence-electron chi connectivity index (χ4n) is 1.17. The Bertz CT molecular complexity index is 427. The first-order valence-corrected chi connectivity index (χ1v) is 4.88. The summed E-state index contributed by atoms with van der Waals surface area (Å²) in [5, 5.41) is 9.14. The minimum atomic E-state index is -1.14. The molecule has 15 heavy (non-hydrogen) atoms. The van der Waals surface area contributed by atoms with Gasteiger partial charge in [-0.15, -0.1) is 0 Å². The number of carbonyl (C=O) groups excluding carboxylic acids is 1. The maximum atomic E-state index is 10.9. The van der Waals surface area contributed by atoms with E-state index in [0.29, 0.717) is 10.6 Å². The van der Waals surface area contributed by atoms with E-state index in [1.54, 1.807) is 0 Å². The Morgan fingerprint density at radius 1 is 1.33 bits per heavy atom. The van der Waals surface area contributed by atoms with E-state index in [9.17, 15) is 9.59 Å². The average Bonchev–Trinajstić information content (AvgIpc) is 2.11. The van der Waals surface area contributed by atoms with E-state index in [1.165, 1.54) is 19.1 Å². The molecule has 0 aliphatic carbocycles. The number of carbonyl (C=O) groups is 2. The standard InChI is InChI=1S/C10H8Cl2O3/c1-5(13)4-7-8(11)3-2-6(9(7)12)10(14)15/h2-3H,4H2,1H3,(H,14,15). The van der Waals surface area contributed by atoms with Gasteiger partial charge in [0.1, 0.15) is 5.78 Å². The van der Waals surface area contributed by atoms with Crippen molar-refractivity contribution in [2.45, 2.75) is 13.3 Å². The van der Waals surface area contributed by atoms with Crippen LogP contribution in [0.4, 0.5) is 0 Å². The molecule has 0 aliphatic rings. The Hall–Kier alpha value is -1.06. The molecule has 3 nitrogen and oxygen atoms in total. The predicted octanol–water partition coefficient (Wildman–Crippen LogP) is 2.82. The van der Waals surface area contributed by atoms with Crippen molar-refractivity contribution in [3.8, 4) is 0 Å². The number of carboxylic acid groups (broad SMARTS) is 1. The zero-order chi connectivity index (χ0) is 11.6. The van der Waals surface area contributed by atoms with Crippen molar-refractivity contribution < 1.29 is 14.7 Å². The third-order valence-electron chi connectivity index (χ3n) is 1.84. The molecule has 0 spiro atoms. The molecule has 0 heterocycles. The fraction of sp³-hybridized carbons (Fsp3) is 0.200. The zero-order valence-corrected chi connectivity index (χ0v) is 9.39. The topological polar surface area (TPSA) is 54.4 Å². The number of Topliss-reactive ketones (excluding diaryl/α,β-unsaturated/α-hetero) is 1. The van der Waals surface area contributed by atoms with Gasteiger partial charge in [0.25, 0.3) is 0 Å². The molecule has 1 N–H and O–H groups in total. The maximum Gasteiger partial charge on any atom is 0.337 e. The molecule has 0 bridgehead atoms. The summed E-state index contributed by atoms with van der Waals surface area (Å²) in [5.41, 5.74) is 0.322. The van der Waals surface area contributed by atoms with Gasteiger partial charge in [-0.2, -0.15) is 0 Å². The summed E-state index contributed by atoms with van der Waals surface area (Å²) < 4.78 is 0. The third kappa shape index (κ3) is 2.70. The van der Waals surface area contributed by atoms with E-state index < -0.39 is 5.97 Å². The molecule has 0 saturated carbocycles. The molecule has 1 aromatic rings. The van der Waals surface area contributed by atoms with Gasteiger partial charge in [0.15, 0.2) is 0 Å². The number of hydrogen-bond acceptors (Lipinski definition) is 2. The summed E-state index contributed by atoms with van der Waals surface area (Å²) in [6.45, 7) is 1.39. The summed E-state index contributed by atoms with van der Waals surface area (Å²) in [7, 11) is 0. The monoisotopic (exact) mass is 246 g/mol. The lowest BCUT2D eigenvalue weighted by Crippen LogP contribution is -2.04. The molecule has 80 valence electrons. The van der Waals surface area contributed by atoms with Crippen molar-refractivity contribution in [3.05, 3.63) is 33.3 Å². The van der Waals surface area contributed by atoms with E-state index in [2.05, 4.69) is 0 Å². The molecule has 1 aromatic carbocycles. The van der Waals surface area contributed by atoms with Crippen LogP contribution in [0, 0.1) is 0 Å². The summed E-state index contributed by atoms with van der Waals surface area (Å²) in [6.07, 6.45) is 0.0405. The lowest BCUT2D eigenvalue weighted by Gasteiger charge is -2.07. The molecule has 5 heteroatoms. The average molecular weight is 247 g/mol. The quantitative estimate of drug-likeness (QED) is 0.893. The number of hydrogen-bond donors (Lipinski definition) is 1. The normalized spacial score (nSPS) is 10.1. The number of benzene rings is 1. The number of carboxylic acids is 1. The summed E-state index contributed by atoms with van der Waals surface area (Å²) >= 11 is 11.7. The van der Waals surface area contributed by atoms with E-state index in [-0.39, 0.29) is 22.8 Å². The first-order valence-electron chi connectivity index (χ1n) is 4.13. The van der Waals surface area contributed by atoms with Crippen molar-refractivity contribution in [3.63, 3.8) is 0 Å². The second-order valence-corrected chi connectivity index (χ2v) is 3.86. The van der Waals surface area contributed by atoms with Crippen LogP contribution in [0.25, 0.3) is 0 Å². The van der Waals surface area contributed by atoms with E-state index in [4.69, 9.17) is 28.3 Å². The second-order valence-electron chi connectivity index (χ2n) is 3.07. The van der Waals surface area contributed by atoms with Crippen LogP contribution in [0.2, 0.25) is 10.0 Å². The first kappa shape index (κ1) is 12.0. The molecule has 0 aliphatic heterocycles. The number of rotatable bonds is 3. The highest BCUT2D eigenvalue weighted by molar-refractivity contribution is 6.38. The highest BCUT2D eigenvalue weighted by atomic mass is 35.5. The molecule has 0 unspecified atom stereocenters. The van der Waals surface area contributed by atoms with Crippen LogP contribution in [0.1, 0.15) is 22.8 Å². The van der Waals surface area contributed by atoms with Gasteiger partial charge in [-0.25, -0.2) is 4.79 Å². The van der Waals surface area contributed by atoms with Crippen LogP contribution in [0.15, 0.2) is 12.1 Å². The second kappa shape index (κ2) is 4.64. The predicted molar refractivity (Wildman–Crippen MR) is 57.8 cm³/mol. The van der Waals surface area contributed by atoms with Crippen LogP contribution in [-0.2, 0) is 11.2 Å². The van der Waals surface area contributed by atoms with Crippen LogP contribution < -0.4 is 0 Å². The Morgan fingerprint density at radius 3 is 2.40 bits per heavy atom. The van der Waals surface area contributed by atoms with Gasteiger partial charge in [0.05, 0.1) is 10.6 Å². The Kier molecular flexibility index (Phi) is 3.72. The van der Waals surface area contributed by atoms with Crippen molar-refractivity contribution in [1.29, 1.82) is 0 Å². The molecule has 0 radical (unpaired) electrons. The van der Waals surface area contributed by atoms with Crippen molar-refractivity contribution >= 4 is 35.0 Å². The van der Waals surface area contributed by atoms with E-state index >= 15 is 0 Å². The highest BCUT2D eigenvalue weighted by Crippen LogP contribution is 2.28. The highest BCUT2D eigenvalue weighted by Gasteiger charge is 2.16. The van der Waals surface area contributed by atoms with Crippen LogP contribution >= 0.6 is 23.2 Å². The maximum absolute atomic E-state index is 10.9. The smallest absolute Gasteiger partial charge is 0.337 e. The Balaban J connectivity index is 3.29. The van der Waals surface area contributed by atoms with Crippen LogP contribution in [-0.4, -0.2) is 16.9 Å². The first-order chi connectivity index (χ1) is 6.93. The summed E-state index contributed by atoms with van der Waals surface area (Å²) in [6, 6.07) is 2.74. The third-order valence-corrected chi connectivity index (χ3v) is 2.63. The molecule has 0 atom stereocenters. The van der Waals surface area contributed by atoms with Gasteiger partial charge in [-0.1, -0.05) is 23.2 Å². The molecular formula is C10H8Cl2O3. The van der Waals surface area contributed by atoms with Crippen LogP contribution in [0.3, 0.4) is 0 Å². The zero-order valence-electron chi connectivity index (χ0n) is 7.88. The molecule has 0 saturated heterocycles. The largest absolute Gasteiger partial charge is 0.478 e. The lowest BCUT2D eigenvalue weighted by atomic mass is 10.1. The van der Waals surface area contributed by atoms with Crippen molar-refractivity contribution in [2.24, 2.45) is 0 Å². The van der Waals surface area contributed by atoms with Crippen molar-refractivity contribution in [1.82, 2.24) is 0 Å². The van der Waals surface area contributed by atoms with Crippen LogP contribution in [0.5, 0.6) is 0 Å². The summed E-state index contributed by atoms with van der Waals surface area (Å²) in [4.78, 5) is 21.7.